The Morgan fingerprint density at radius 3 is 2.91 bits per heavy atom. The number of fused-ring (bicyclic) bond motifs is 1. The molecule has 110 valence electrons. The average molecular weight is 311 g/mol. The van der Waals surface area contributed by atoms with Gasteiger partial charge in [0.15, 0.2) is 0 Å². The molecule has 0 N–H and O–H groups in total. The molecule has 3 rings (SSSR count). The van der Waals surface area contributed by atoms with Crippen molar-refractivity contribution >= 4 is 17.2 Å². The van der Waals surface area contributed by atoms with Crippen LogP contribution in [0.25, 0.3) is 5.65 Å². The van der Waals surface area contributed by atoms with Gasteiger partial charge in [0.25, 0.3) is 0 Å². The molecule has 3 aromatic rings. The van der Waals surface area contributed by atoms with E-state index in [4.69, 9.17) is 16.9 Å². The third-order valence-electron chi connectivity index (χ3n) is 3.41. The van der Waals surface area contributed by atoms with E-state index in [0.29, 0.717) is 10.6 Å². The molecule has 0 bridgehead atoms. The van der Waals surface area contributed by atoms with Gasteiger partial charge in [0.2, 0.25) is 0 Å². The van der Waals surface area contributed by atoms with Gasteiger partial charge in [-0.25, -0.2) is 4.98 Å². The highest BCUT2D eigenvalue weighted by Gasteiger charge is 2.07. The summed E-state index contributed by atoms with van der Waals surface area (Å²) in [6.45, 7) is 1.50. The lowest BCUT2D eigenvalue weighted by Gasteiger charge is -2.15. The minimum Gasteiger partial charge on any atom is -0.305 e. The van der Waals surface area contributed by atoms with Crippen LogP contribution in [0, 0.1) is 11.3 Å². The monoisotopic (exact) mass is 310 g/mol. The molecule has 0 saturated heterocycles. The van der Waals surface area contributed by atoms with Crippen molar-refractivity contribution in [3.63, 3.8) is 0 Å². The fourth-order valence-corrected chi connectivity index (χ4v) is 2.64. The maximum absolute atomic E-state index is 8.95. The maximum atomic E-state index is 8.95. The smallest absolute Gasteiger partial charge is 0.137 e. The third kappa shape index (κ3) is 3.28. The predicted molar refractivity (Wildman–Crippen MR) is 86.5 cm³/mol. The molecule has 0 aliphatic heterocycles. The molecule has 22 heavy (non-hydrogen) atoms. The molecule has 0 unspecified atom stereocenters. The molecule has 0 radical (unpaired) electrons. The van der Waals surface area contributed by atoms with Crippen LogP contribution in [0.2, 0.25) is 5.02 Å². The Bertz CT molecular complexity index is 847. The van der Waals surface area contributed by atoms with Crippen molar-refractivity contribution in [2.45, 2.75) is 13.1 Å². The van der Waals surface area contributed by atoms with Gasteiger partial charge in [0.1, 0.15) is 5.65 Å². The third-order valence-corrected chi connectivity index (χ3v) is 3.63. The lowest BCUT2D eigenvalue weighted by molar-refractivity contribution is 0.315. The summed E-state index contributed by atoms with van der Waals surface area (Å²) in [6, 6.07) is 13.6. The van der Waals surface area contributed by atoms with Crippen LogP contribution >= 0.6 is 11.6 Å². The first-order valence-electron chi connectivity index (χ1n) is 6.95. The number of imidazole rings is 1. The summed E-state index contributed by atoms with van der Waals surface area (Å²) in [7, 11) is 2.04. The fraction of sp³-hybridized carbons (Fsp3) is 0.176. The van der Waals surface area contributed by atoms with Crippen LogP contribution in [0.3, 0.4) is 0 Å². The Hall–Kier alpha value is -2.35. The molecule has 0 atom stereocenters. The topological polar surface area (TPSA) is 44.3 Å². The van der Waals surface area contributed by atoms with Crippen LogP contribution in [-0.2, 0) is 13.1 Å². The molecule has 1 aromatic carbocycles. The number of halogens is 1. The molecular weight excluding hydrogens is 296 g/mol. The number of aromatic nitrogens is 2. The van der Waals surface area contributed by atoms with E-state index in [-0.39, 0.29) is 0 Å². The number of nitrogens with zero attached hydrogens (tertiary/aromatic N) is 4. The Balaban J connectivity index is 1.72. The van der Waals surface area contributed by atoms with Crippen LogP contribution < -0.4 is 0 Å². The van der Waals surface area contributed by atoms with Crippen molar-refractivity contribution in [3.05, 3.63) is 70.6 Å². The lowest BCUT2D eigenvalue weighted by Crippen LogP contribution is -2.17. The Labute approximate surface area is 134 Å². The van der Waals surface area contributed by atoms with E-state index in [9.17, 15) is 0 Å². The average Bonchev–Trinajstić information content (AvgIpc) is 2.88. The van der Waals surface area contributed by atoms with Gasteiger partial charge in [-0.05, 0) is 36.9 Å². The number of hydrogen-bond acceptors (Lipinski definition) is 3. The molecule has 0 aliphatic rings. The van der Waals surface area contributed by atoms with Crippen molar-refractivity contribution < 1.29 is 0 Å². The summed E-state index contributed by atoms with van der Waals surface area (Å²) in [6.07, 6.45) is 3.84. The lowest BCUT2D eigenvalue weighted by atomic mass is 10.1. The van der Waals surface area contributed by atoms with E-state index < -0.39 is 0 Å². The molecule has 4 nitrogen and oxygen atoms in total. The Morgan fingerprint density at radius 2 is 2.09 bits per heavy atom. The van der Waals surface area contributed by atoms with Gasteiger partial charge in [-0.15, -0.1) is 0 Å². The van der Waals surface area contributed by atoms with Crippen molar-refractivity contribution in [1.82, 2.24) is 14.3 Å². The van der Waals surface area contributed by atoms with Gasteiger partial charge < -0.3 is 4.40 Å². The summed E-state index contributed by atoms with van der Waals surface area (Å²) >= 11 is 5.98. The Morgan fingerprint density at radius 1 is 1.23 bits per heavy atom. The summed E-state index contributed by atoms with van der Waals surface area (Å²) in [5.41, 5.74) is 3.68. The zero-order valence-electron chi connectivity index (χ0n) is 12.2. The first-order valence-corrected chi connectivity index (χ1v) is 7.32. The second-order valence-corrected chi connectivity index (χ2v) is 5.77. The zero-order valence-corrected chi connectivity index (χ0v) is 13.0. The highest BCUT2D eigenvalue weighted by molar-refractivity contribution is 6.30. The maximum Gasteiger partial charge on any atom is 0.137 e. The van der Waals surface area contributed by atoms with Crippen molar-refractivity contribution in [3.8, 4) is 6.07 Å². The standard InChI is InChI=1S/C17H15ClN4/c1-21(9-14-4-2-3-13(7-14)8-19)11-16-12-22-10-15(18)5-6-17(22)20-16/h2-7,10,12H,9,11H2,1H3. The highest BCUT2D eigenvalue weighted by Crippen LogP contribution is 2.14. The van der Waals surface area contributed by atoms with Gasteiger partial charge in [-0.1, -0.05) is 23.7 Å². The normalized spacial score (nSPS) is 11.0. The van der Waals surface area contributed by atoms with E-state index in [0.717, 1.165) is 30.0 Å². The van der Waals surface area contributed by atoms with Crippen molar-refractivity contribution in [2.75, 3.05) is 7.05 Å². The summed E-state index contributed by atoms with van der Waals surface area (Å²) in [5.74, 6) is 0. The second-order valence-electron chi connectivity index (χ2n) is 5.33. The van der Waals surface area contributed by atoms with E-state index >= 15 is 0 Å². The SMILES string of the molecule is CN(Cc1cccc(C#N)c1)Cc1cn2cc(Cl)ccc2n1. The minimum atomic E-state index is 0.688. The second kappa shape index (κ2) is 6.18. The molecule has 2 heterocycles. The van der Waals surface area contributed by atoms with Crippen LogP contribution in [0.5, 0.6) is 0 Å². The predicted octanol–water partition coefficient (Wildman–Crippen LogP) is 3.49. The largest absolute Gasteiger partial charge is 0.305 e. The van der Waals surface area contributed by atoms with Crippen LogP contribution in [-0.4, -0.2) is 21.3 Å². The molecule has 2 aromatic heterocycles. The van der Waals surface area contributed by atoms with Gasteiger partial charge >= 0.3 is 0 Å². The molecule has 0 fully saturated rings. The van der Waals surface area contributed by atoms with E-state index in [2.05, 4.69) is 16.0 Å². The van der Waals surface area contributed by atoms with Crippen LogP contribution in [0.15, 0.2) is 48.8 Å². The van der Waals surface area contributed by atoms with Crippen molar-refractivity contribution in [2.24, 2.45) is 0 Å². The number of pyridine rings is 1. The summed E-state index contributed by atoms with van der Waals surface area (Å²) in [5, 5.41) is 9.64. The van der Waals surface area contributed by atoms with Crippen molar-refractivity contribution in [1.29, 1.82) is 5.26 Å². The number of hydrogen-bond donors (Lipinski definition) is 0. The molecule has 0 saturated carbocycles. The molecule has 0 spiro atoms. The Kier molecular flexibility index (Phi) is 4.10. The van der Waals surface area contributed by atoms with Gasteiger partial charge in [-0.3, -0.25) is 4.90 Å². The van der Waals surface area contributed by atoms with Gasteiger partial charge in [-0.2, -0.15) is 5.26 Å². The first-order chi connectivity index (χ1) is 10.6. The van der Waals surface area contributed by atoms with Gasteiger partial charge in [0.05, 0.1) is 22.3 Å². The van der Waals surface area contributed by atoms with E-state index in [1.54, 1.807) is 0 Å². The van der Waals surface area contributed by atoms with Gasteiger partial charge in [0, 0.05) is 25.5 Å². The number of benzene rings is 1. The number of nitriles is 1. The summed E-state index contributed by atoms with van der Waals surface area (Å²) in [4.78, 5) is 6.75. The molecule has 0 amide bonds. The van der Waals surface area contributed by atoms with E-state index in [1.165, 1.54) is 0 Å². The highest BCUT2D eigenvalue weighted by atomic mass is 35.5. The van der Waals surface area contributed by atoms with Crippen LogP contribution in [0.4, 0.5) is 0 Å². The molecular formula is C17H15ClN4. The summed E-state index contributed by atoms with van der Waals surface area (Å²) < 4.78 is 1.93. The van der Waals surface area contributed by atoms with E-state index in [1.807, 2.05) is 60.2 Å². The number of rotatable bonds is 4. The first kappa shape index (κ1) is 14.6. The molecule has 0 aliphatic carbocycles. The fourth-order valence-electron chi connectivity index (χ4n) is 2.48. The molecule has 5 heteroatoms. The zero-order chi connectivity index (χ0) is 15.5. The minimum absolute atomic E-state index is 0.688. The van der Waals surface area contributed by atoms with Crippen LogP contribution in [0.1, 0.15) is 16.8 Å². The quantitative estimate of drug-likeness (QED) is 0.741.